The molecule has 88 valence electrons. The zero-order valence-corrected chi connectivity index (χ0v) is 9.89. The molecule has 2 aromatic rings. The van der Waals surface area contributed by atoms with Crippen LogP contribution in [-0.4, -0.2) is 0 Å². The molecule has 17 heavy (non-hydrogen) atoms. The van der Waals surface area contributed by atoms with Crippen LogP contribution in [0.3, 0.4) is 0 Å². The third-order valence-electron chi connectivity index (χ3n) is 3.06. The first-order valence-corrected chi connectivity index (χ1v) is 5.89. The Morgan fingerprint density at radius 1 is 0.588 bits per heavy atom. The third-order valence-corrected chi connectivity index (χ3v) is 3.06. The van der Waals surface area contributed by atoms with E-state index in [4.69, 9.17) is 11.5 Å². The van der Waals surface area contributed by atoms with Gasteiger partial charge in [-0.05, 0) is 28.7 Å². The fraction of sp³-hybridized carbons (Fsp3) is 0.200. The lowest BCUT2D eigenvalue weighted by Crippen LogP contribution is -2.05. The largest absolute Gasteiger partial charge is 0.326 e. The quantitative estimate of drug-likeness (QED) is 0.839. The molecule has 0 aliphatic heterocycles. The van der Waals surface area contributed by atoms with Gasteiger partial charge in [-0.15, -0.1) is 0 Å². The molecule has 0 fully saturated rings. The summed E-state index contributed by atoms with van der Waals surface area (Å²) in [6, 6.07) is 16.6. The van der Waals surface area contributed by atoms with Gasteiger partial charge in [-0.25, -0.2) is 0 Å². The average molecular weight is 226 g/mol. The van der Waals surface area contributed by atoms with E-state index in [0.717, 1.165) is 6.42 Å². The van der Waals surface area contributed by atoms with Gasteiger partial charge in [0.05, 0.1) is 0 Å². The van der Waals surface area contributed by atoms with Crippen molar-refractivity contribution < 1.29 is 0 Å². The predicted molar refractivity (Wildman–Crippen MR) is 71.5 cm³/mol. The molecule has 0 saturated carbocycles. The standard InChI is InChI=1S/C15H18N2/c16-10-14-7-3-1-5-12(14)9-13-6-2-4-8-15(13)11-17/h1-8H,9-11,16-17H2. The molecular formula is C15H18N2. The second-order valence-corrected chi connectivity index (χ2v) is 4.12. The van der Waals surface area contributed by atoms with Crippen LogP contribution >= 0.6 is 0 Å². The maximum Gasteiger partial charge on any atom is 0.0180 e. The Morgan fingerprint density at radius 3 is 1.29 bits per heavy atom. The second kappa shape index (κ2) is 5.62. The summed E-state index contributed by atoms with van der Waals surface area (Å²) in [5.74, 6) is 0. The zero-order chi connectivity index (χ0) is 12.1. The molecule has 0 aromatic heterocycles. The van der Waals surface area contributed by atoms with Gasteiger partial charge in [-0.1, -0.05) is 48.5 Å². The van der Waals surface area contributed by atoms with E-state index >= 15 is 0 Å². The molecular weight excluding hydrogens is 208 g/mol. The van der Waals surface area contributed by atoms with E-state index in [-0.39, 0.29) is 0 Å². The van der Waals surface area contributed by atoms with Crippen LogP contribution < -0.4 is 11.5 Å². The van der Waals surface area contributed by atoms with Crippen molar-refractivity contribution in [1.29, 1.82) is 0 Å². The van der Waals surface area contributed by atoms with Gasteiger partial charge in [-0.2, -0.15) is 0 Å². The van der Waals surface area contributed by atoms with Crippen LogP contribution in [-0.2, 0) is 19.5 Å². The fourth-order valence-electron chi connectivity index (χ4n) is 2.06. The topological polar surface area (TPSA) is 52.0 Å². The summed E-state index contributed by atoms with van der Waals surface area (Å²) in [7, 11) is 0. The SMILES string of the molecule is NCc1ccccc1Cc1ccccc1CN. The summed E-state index contributed by atoms with van der Waals surface area (Å²) in [5, 5.41) is 0. The highest BCUT2D eigenvalue weighted by molar-refractivity contribution is 5.36. The van der Waals surface area contributed by atoms with E-state index in [1.165, 1.54) is 22.3 Å². The molecule has 0 aliphatic rings. The van der Waals surface area contributed by atoms with Gasteiger partial charge in [0.15, 0.2) is 0 Å². The van der Waals surface area contributed by atoms with Crippen molar-refractivity contribution in [3.8, 4) is 0 Å². The van der Waals surface area contributed by atoms with Crippen LogP contribution in [0.2, 0.25) is 0 Å². The van der Waals surface area contributed by atoms with Crippen molar-refractivity contribution in [2.45, 2.75) is 19.5 Å². The number of hydrogen-bond acceptors (Lipinski definition) is 2. The van der Waals surface area contributed by atoms with E-state index in [9.17, 15) is 0 Å². The number of rotatable bonds is 4. The van der Waals surface area contributed by atoms with Crippen molar-refractivity contribution in [3.05, 3.63) is 70.8 Å². The lowest BCUT2D eigenvalue weighted by Gasteiger charge is -2.10. The smallest absolute Gasteiger partial charge is 0.0180 e. The summed E-state index contributed by atoms with van der Waals surface area (Å²) >= 11 is 0. The van der Waals surface area contributed by atoms with Crippen molar-refractivity contribution >= 4 is 0 Å². The van der Waals surface area contributed by atoms with Crippen LogP contribution in [0.25, 0.3) is 0 Å². The van der Waals surface area contributed by atoms with E-state index < -0.39 is 0 Å². The molecule has 2 aromatic carbocycles. The van der Waals surface area contributed by atoms with Gasteiger partial charge in [0.1, 0.15) is 0 Å². The minimum Gasteiger partial charge on any atom is -0.326 e. The number of hydrogen-bond donors (Lipinski definition) is 2. The summed E-state index contributed by atoms with van der Waals surface area (Å²) < 4.78 is 0. The molecule has 0 amide bonds. The maximum atomic E-state index is 5.75. The normalized spacial score (nSPS) is 10.5. The summed E-state index contributed by atoms with van der Waals surface area (Å²) in [4.78, 5) is 0. The van der Waals surface area contributed by atoms with E-state index in [1.807, 2.05) is 12.1 Å². The molecule has 0 spiro atoms. The van der Waals surface area contributed by atoms with Crippen molar-refractivity contribution in [3.63, 3.8) is 0 Å². The third kappa shape index (κ3) is 2.73. The molecule has 0 atom stereocenters. The lowest BCUT2D eigenvalue weighted by molar-refractivity contribution is 0.987. The molecule has 2 rings (SSSR count). The van der Waals surface area contributed by atoms with Gasteiger partial charge >= 0.3 is 0 Å². The Morgan fingerprint density at radius 2 is 0.941 bits per heavy atom. The first kappa shape index (κ1) is 11.8. The molecule has 2 heteroatoms. The van der Waals surface area contributed by atoms with Crippen molar-refractivity contribution in [2.75, 3.05) is 0 Å². The summed E-state index contributed by atoms with van der Waals surface area (Å²) in [6.07, 6.45) is 0.904. The second-order valence-electron chi connectivity index (χ2n) is 4.12. The van der Waals surface area contributed by atoms with Crippen LogP contribution in [0.15, 0.2) is 48.5 Å². The molecule has 0 saturated heterocycles. The van der Waals surface area contributed by atoms with Crippen molar-refractivity contribution in [1.82, 2.24) is 0 Å². The van der Waals surface area contributed by atoms with Gasteiger partial charge < -0.3 is 11.5 Å². The monoisotopic (exact) mass is 226 g/mol. The van der Waals surface area contributed by atoms with Crippen LogP contribution in [0.1, 0.15) is 22.3 Å². The zero-order valence-electron chi connectivity index (χ0n) is 9.89. The van der Waals surface area contributed by atoms with Gasteiger partial charge in [0.2, 0.25) is 0 Å². The fourth-order valence-corrected chi connectivity index (χ4v) is 2.06. The minimum absolute atomic E-state index is 0.584. The molecule has 2 nitrogen and oxygen atoms in total. The van der Waals surface area contributed by atoms with Crippen LogP contribution in [0, 0.1) is 0 Å². The molecule has 0 bridgehead atoms. The maximum absolute atomic E-state index is 5.75. The first-order valence-electron chi connectivity index (χ1n) is 5.89. The highest BCUT2D eigenvalue weighted by Crippen LogP contribution is 2.17. The van der Waals surface area contributed by atoms with E-state index in [0.29, 0.717) is 13.1 Å². The molecule has 0 radical (unpaired) electrons. The Hall–Kier alpha value is -1.64. The Bertz CT molecular complexity index is 446. The lowest BCUT2D eigenvalue weighted by atomic mass is 9.96. The Kier molecular flexibility index (Phi) is 3.91. The first-order chi connectivity index (χ1) is 8.35. The molecule has 0 unspecified atom stereocenters. The predicted octanol–water partition coefficient (Wildman–Crippen LogP) is 2.19. The van der Waals surface area contributed by atoms with Gasteiger partial charge in [0, 0.05) is 13.1 Å². The molecule has 0 aliphatic carbocycles. The molecule has 0 heterocycles. The van der Waals surface area contributed by atoms with Crippen LogP contribution in [0.4, 0.5) is 0 Å². The highest BCUT2D eigenvalue weighted by atomic mass is 14.5. The Balaban J connectivity index is 2.31. The summed E-state index contributed by atoms with van der Waals surface area (Å²) in [6.45, 7) is 1.17. The van der Waals surface area contributed by atoms with E-state index in [2.05, 4.69) is 36.4 Å². The number of benzene rings is 2. The summed E-state index contributed by atoms with van der Waals surface area (Å²) in [5.41, 5.74) is 16.5. The minimum atomic E-state index is 0.584. The van der Waals surface area contributed by atoms with Crippen molar-refractivity contribution in [2.24, 2.45) is 11.5 Å². The van der Waals surface area contributed by atoms with Crippen LogP contribution in [0.5, 0.6) is 0 Å². The molecule has 4 N–H and O–H groups in total. The van der Waals surface area contributed by atoms with Gasteiger partial charge in [0.25, 0.3) is 0 Å². The highest BCUT2D eigenvalue weighted by Gasteiger charge is 2.04. The average Bonchev–Trinajstić information content (AvgIpc) is 2.40. The Labute approximate surface area is 102 Å². The van der Waals surface area contributed by atoms with E-state index in [1.54, 1.807) is 0 Å². The number of nitrogens with two attached hydrogens (primary N) is 2. The van der Waals surface area contributed by atoms with Gasteiger partial charge in [-0.3, -0.25) is 0 Å².